The normalized spacial score (nSPS) is 11.4. The van der Waals surface area contributed by atoms with Crippen LogP contribution in [0.2, 0.25) is 0 Å². The highest BCUT2D eigenvalue weighted by atomic mass is 16.2. The highest BCUT2D eigenvalue weighted by Crippen LogP contribution is 2.17. The molecule has 0 aliphatic rings. The van der Waals surface area contributed by atoms with Gasteiger partial charge in [-0.25, -0.2) is 0 Å². The number of hydrogen-bond acceptors (Lipinski definition) is 3. The second-order valence-corrected chi connectivity index (χ2v) is 5.21. The number of aromatic nitrogens is 2. The van der Waals surface area contributed by atoms with E-state index >= 15 is 0 Å². The number of rotatable bonds is 6. The number of carbonyl (C=O) groups is 1. The largest absolute Gasteiger partial charge is 0.350 e. The molecular weight excluding hydrogens is 264 g/mol. The minimum Gasteiger partial charge on any atom is -0.350 e. The molecule has 0 atom stereocenters. The molecule has 0 saturated heterocycles. The fourth-order valence-corrected chi connectivity index (χ4v) is 2.15. The van der Waals surface area contributed by atoms with Gasteiger partial charge in [-0.15, -0.1) is 0 Å². The quantitative estimate of drug-likeness (QED) is 0.761. The lowest BCUT2D eigenvalue weighted by Gasteiger charge is -2.25. The van der Waals surface area contributed by atoms with Crippen molar-refractivity contribution in [1.29, 1.82) is 0 Å². The maximum absolute atomic E-state index is 12.1. The zero-order chi connectivity index (χ0) is 15.3. The molecule has 0 saturated carbocycles. The van der Waals surface area contributed by atoms with Crippen LogP contribution in [0.25, 0.3) is 11.3 Å². The first-order valence-electron chi connectivity index (χ1n) is 7.25. The minimum absolute atomic E-state index is 0.0925. The van der Waals surface area contributed by atoms with Crippen molar-refractivity contribution in [2.75, 3.05) is 0 Å². The van der Waals surface area contributed by atoms with Crippen LogP contribution >= 0.6 is 0 Å². The molecule has 0 radical (unpaired) electrons. The minimum atomic E-state index is -0.768. The maximum Gasteiger partial charge on any atom is 0.240 e. The van der Waals surface area contributed by atoms with Crippen molar-refractivity contribution in [2.24, 2.45) is 5.73 Å². The Morgan fingerprint density at radius 1 is 1.24 bits per heavy atom. The Morgan fingerprint density at radius 3 is 2.43 bits per heavy atom. The van der Waals surface area contributed by atoms with E-state index < -0.39 is 5.54 Å². The Hall–Kier alpha value is -2.14. The van der Waals surface area contributed by atoms with Crippen LogP contribution in [-0.2, 0) is 11.3 Å². The van der Waals surface area contributed by atoms with E-state index in [2.05, 4.69) is 15.5 Å². The lowest BCUT2D eigenvalue weighted by molar-refractivity contribution is -0.126. The van der Waals surface area contributed by atoms with Crippen molar-refractivity contribution in [2.45, 2.75) is 38.8 Å². The molecule has 0 unspecified atom stereocenters. The number of aromatic amines is 1. The molecule has 1 aromatic heterocycles. The SMILES string of the molecule is CCC(N)(CC)C(=O)NCc1ccc(-c2ccn[nH]2)cc1. The monoisotopic (exact) mass is 286 g/mol. The molecule has 0 spiro atoms. The molecule has 1 amide bonds. The Morgan fingerprint density at radius 2 is 1.90 bits per heavy atom. The number of nitrogens with zero attached hydrogens (tertiary/aromatic N) is 1. The summed E-state index contributed by atoms with van der Waals surface area (Å²) in [5, 5.41) is 9.76. The molecule has 5 nitrogen and oxygen atoms in total. The van der Waals surface area contributed by atoms with Crippen LogP contribution in [0, 0.1) is 0 Å². The summed E-state index contributed by atoms with van der Waals surface area (Å²) in [6, 6.07) is 9.91. The molecule has 112 valence electrons. The Balaban J connectivity index is 1.97. The molecule has 1 heterocycles. The summed E-state index contributed by atoms with van der Waals surface area (Å²) in [5.41, 5.74) is 8.39. The predicted octanol–water partition coefficient (Wildman–Crippen LogP) is 2.21. The fraction of sp³-hybridized carbons (Fsp3) is 0.375. The molecule has 4 N–H and O–H groups in total. The fourth-order valence-electron chi connectivity index (χ4n) is 2.15. The molecule has 5 heteroatoms. The first-order chi connectivity index (χ1) is 10.1. The van der Waals surface area contributed by atoms with Crippen molar-refractivity contribution < 1.29 is 4.79 Å². The molecule has 2 aromatic rings. The summed E-state index contributed by atoms with van der Waals surface area (Å²) in [7, 11) is 0. The Kier molecular flexibility index (Phi) is 4.75. The van der Waals surface area contributed by atoms with E-state index in [9.17, 15) is 4.79 Å². The van der Waals surface area contributed by atoms with Crippen LogP contribution in [0.1, 0.15) is 32.3 Å². The van der Waals surface area contributed by atoms with E-state index in [1.54, 1.807) is 6.20 Å². The number of amides is 1. The number of nitrogens with two attached hydrogens (primary N) is 1. The van der Waals surface area contributed by atoms with Gasteiger partial charge in [-0.05, 0) is 30.0 Å². The van der Waals surface area contributed by atoms with Crippen molar-refractivity contribution in [3.8, 4) is 11.3 Å². The summed E-state index contributed by atoms with van der Waals surface area (Å²) in [4.78, 5) is 12.1. The summed E-state index contributed by atoms with van der Waals surface area (Å²) >= 11 is 0. The molecular formula is C16H22N4O. The van der Waals surface area contributed by atoms with Crippen LogP contribution in [-0.4, -0.2) is 21.6 Å². The van der Waals surface area contributed by atoms with Gasteiger partial charge in [-0.1, -0.05) is 38.1 Å². The summed E-state index contributed by atoms with van der Waals surface area (Å²) in [6.07, 6.45) is 2.99. The third kappa shape index (κ3) is 3.49. The number of benzene rings is 1. The van der Waals surface area contributed by atoms with E-state index in [0.29, 0.717) is 19.4 Å². The van der Waals surface area contributed by atoms with Gasteiger partial charge >= 0.3 is 0 Å². The van der Waals surface area contributed by atoms with E-state index in [1.165, 1.54) is 0 Å². The number of nitrogens with one attached hydrogen (secondary N) is 2. The number of H-pyrrole nitrogens is 1. The topological polar surface area (TPSA) is 83.8 Å². The smallest absolute Gasteiger partial charge is 0.240 e. The number of hydrogen-bond donors (Lipinski definition) is 3. The summed E-state index contributed by atoms with van der Waals surface area (Å²) in [5.74, 6) is -0.0925. The third-order valence-corrected chi connectivity index (χ3v) is 3.93. The van der Waals surface area contributed by atoms with Gasteiger partial charge in [-0.3, -0.25) is 9.89 Å². The highest BCUT2D eigenvalue weighted by Gasteiger charge is 2.29. The van der Waals surface area contributed by atoms with Gasteiger partial charge in [-0.2, -0.15) is 5.10 Å². The molecule has 21 heavy (non-hydrogen) atoms. The van der Waals surface area contributed by atoms with Gasteiger partial charge in [0.05, 0.1) is 11.2 Å². The first kappa shape index (κ1) is 15.3. The lowest BCUT2D eigenvalue weighted by Crippen LogP contribution is -2.52. The van der Waals surface area contributed by atoms with Crippen LogP contribution in [0.15, 0.2) is 36.5 Å². The second-order valence-electron chi connectivity index (χ2n) is 5.21. The molecule has 2 rings (SSSR count). The zero-order valence-electron chi connectivity index (χ0n) is 12.5. The van der Waals surface area contributed by atoms with Gasteiger partial charge in [0, 0.05) is 12.7 Å². The van der Waals surface area contributed by atoms with Gasteiger partial charge in [0.15, 0.2) is 0 Å². The van der Waals surface area contributed by atoms with E-state index in [4.69, 9.17) is 5.73 Å². The standard InChI is InChI=1S/C16H22N4O/c1-3-16(17,4-2)15(21)18-11-12-5-7-13(8-6-12)14-9-10-19-20-14/h5-10H,3-4,11,17H2,1-2H3,(H,18,21)(H,19,20). The highest BCUT2D eigenvalue weighted by molar-refractivity contribution is 5.85. The zero-order valence-corrected chi connectivity index (χ0v) is 12.5. The van der Waals surface area contributed by atoms with Crippen LogP contribution in [0.3, 0.4) is 0 Å². The van der Waals surface area contributed by atoms with E-state index in [1.807, 2.05) is 44.2 Å². The average Bonchev–Trinajstić information content (AvgIpc) is 3.06. The molecule has 0 fully saturated rings. The van der Waals surface area contributed by atoms with Crippen molar-refractivity contribution in [3.05, 3.63) is 42.1 Å². The van der Waals surface area contributed by atoms with Crippen LogP contribution < -0.4 is 11.1 Å². The van der Waals surface area contributed by atoms with E-state index in [-0.39, 0.29) is 5.91 Å². The first-order valence-corrected chi connectivity index (χ1v) is 7.25. The van der Waals surface area contributed by atoms with E-state index in [0.717, 1.165) is 16.8 Å². The van der Waals surface area contributed by atoms with Gasteiger partial charge < -0.3 is 11.1 Å². The average molecular weight is 286 g/mol. The summed E-state index contributed by atoms with van der Waals surface area (Å²) in [6.45, 7) is 4.35. The lowest BCUT2D eigenvalue weighted by atomic mass is 9.93. The number of carbonyl (C=O) groups excluding carboxylic acids is 1. The third-order valence-electron chi connectivity index (χ3n) is 3.93. The molecule has 0 aliphatic carbocycles. The van der Waals surface area contributed by atoms with Crippen LogP contribution in [0.4, 0.5) is 0 Å². The molecule has 1 aromatic carbocycles. The van der Waals surface area contributed by atoms with Crippen LogP contribution in [0.5, 0.6) is 0 Å². The second kappa shape index (κ2) is 6.54. The molecule has 0 bridgehead atoms. The molecule has 0 aliphatic heterocycles. The Bertz CT molecular complexity index is 571. The van der Waals surface area contributed by atoms with Gasteiger partial charge in [0.2, 0.25) is 5.91 Å². The van der Waals surface area contributed by atoms with Gasteiger partial charge in [0.25, 0.3) is 0 Å². The predicted molar refractivity (Wildman–Crippen MR) is 83.4 cm³/mol. The van der Waals surface area contributed by atoms with Crippen molar-refractivity contribution in [3.63, 3.8) is 0 Å². The van der Waals surface area contributed by atoms with Crippen molar-refractivity contribution in [1.82, 2.24) is 15.5 Å². The Labute approximate surface area is 124 Å². The van der Waals surface area contributed by atoms with Crippen molar-refractivity contribution >= 4 is 5.91 Å². The summed E-state index contributed by atoms with van der Waals surface area (Å²) < 4.78 is 0. The maximum atomic E-state index is 12.1. The van der Waals surface area contributed by atoms with Gasteiger partial charge in [0.1, 0.15) is 0 Å².